The molecule has 1 aliphatic heterocycles. The van der Waals surface area contributed by atoms with Crippen LogP contribution < -0.4 is 4.74 Å². The number of allylic oxidation sites excluding steroid dienone is 1. The van der Waals surface area contributed by atoms with E-state index in [4.69, 9.17) is 14.0 Å². The lowest BCUT2D eigenvalue weighted by Gasteiger charge is -2.32. The second kappa shape index (κ2) is 5.87. The molecule has 2 aliphatic rings. The van der Waals surface area contributed by atoms with Crippen LogP contribution in [0.15, 0.2) is 29.8 Å². The van der Waals surface area contributed by atoms with Gasteiger partial charge in [-0.1, -0.05) is 0 Å². The van der Waals surface area contributed by atoms with E-state index in [-0.39, 0.29) is 11.6 Å². The molecule has 0 unspecified atom stereocenters. The van der Waals surface area contributed by atoms with Gasteiger partial charge in [0.15, 0.2) is 0 Å². The van der Waals surface area contributed by atoms with E-state index < -0.39 is 18.3 Å². The molecule has 1 aromatic rings. The number of ether oxygens (including phenoxy) is 1. The highest BCUT2D eigenvalue weighted by Gasteiger charge is 2.54. The zero-order valence-electron chi connectivity index (χ0n) is 14.0. The fourth-order valence-corrected chi connectivity index (χ4v) is 2.62. The van der Waals surface area contributed by atoms with Crippen LogP contribution >= 0.6 is 0 Å². The number of hydrogen-bond acceptors (Lipinski definition) is 5. The molecule has 1 aromatic heterocycles. The summed E-state index contributed by atoms with van der Waals surface area (Å²) in [7, 11) is -0.894. The monoisotopic (exact) mass is 320 g/mol. The van der Waals surface area contributed by atoms with Crippen LogP contribution in [0.3, 0.4) is 0 Å². The average Bonchev–Trinajstić information content (AvgIpc) is 2.66. The van der Waals surface area contributed by atoms with Crippen molar-refractivity contribution in [3.8, 4) is 6.01 Å². The first-order valence-electron chi connectivity index (χ1n) is 7.91. The maximum atomic E-state index is 14.5. The van der Waals surface area contributed by atoms with Crippen LogP contribution in [0.5, 0.6) is 6.01 Å². The first-order chi connectivity index (χ1) is 10.8. The maximum Gasteiger partial charge on any atom is 0.525 e. The standard InChI is InChI=1S/C16H22BFN2O3/c1-15(2)16(3,4)23-17(22-15)13(18)12-8-11(9-12)10-21-14-19-6-5-7-20-14/h5-7,11H,8-10H2,1-4H3. The van der Waals surface area contributed by atoms with Crippen molar-refractivity contribution in [2.24, 2.45) is 5.92 Å². The molecule has 5 nitrogen and oxygen atoms in total. The number of hydrogen-bond donors (Lipinski definition) is 0. The molecule has 0 amide bonds. The minimum Gasteiger partial charge on any atom is -0.463 e. The van der Waals surface area contributed by atoms with Gasteiger partial charge in [-0.3, -0.25) is 0 Å². The van der Waals surface area contributed by atoms with E-state index >= 15 is 0 Å². The molecule has 0 N–H and O–H groups in total. The van der Waals surface area contributed by atoms with Crippen molar-refractivity contribution in [3.63, 3.8) is 0 Å². The zero-order valence-corrected chi connectivity index (χ0v) is 14.0. The molecule has 1 saturated heterocycles. The van der Waals surface area contributed by atoms with E-state index in [1.165, 1.54) is 0 Å². The molecular formula is C16H22BFN2O3. The molecule has 124 valence electrons. The fraction of sp³-hybridized carbons (Fsp3) is 0.625. The predicted molar refractivity (Wildman–Crippen MR) is 84.5 cm³/mol. The maximum absolute atomic E-state index is 14.5. The van der Waals surface area contributed by atoms with Crippen LogP contribution in [-0.4, -0.2) is 34.9 Å². The first-order valence-corrected chi connectivity index (χ1v) is 7.91. The second-order valence-corrected chi connectivity index (χ2v) is 7.16. The third-order valence-electron chi connectivity index (χ3n) is 4.86. The van der Waals surface area contributed by atoms with Gasteiger partial charge in [0.2, 0.25) is 0 Å². The van der Waals surface area contributed by atoms with Crippen molar-refractivity contribution in [3.05, 3.63) is 29.8 Å². The lowest BCUT2D eigenvalue weighted by molar-refractivity contribution is 0.00578. The number of nitrogens with zero attached hydrogens (tertiary/aromatic N) is 2. The van der Waals surface area contributed by atoms with Crippen LogP contribution in [-0.2, 0) is 9.31 Å². The van der Waals surface area contributed by atoms with Crippen molar-refractivity contribution in [1.29, 1.82) is 0 Å². The molecule has 23 heavy (non-hydrogen) atoms. The quantitative estimate of drug-likeness (QED) is 0.798. The van der Waals surface area contributed by atoms with Gasteiger partial charge >= 0.3 is 13.1 Å². The Bertz CT molecular complexity index is 583. The summed E-state index contributed by atoms with van der Waals surface area (Å²) in [4.78, 5) is 8.00. The van der Waals surface area contributed by atoms with E-state index in [0.29, 0.717) is 25.5 Å². The highest BCUT2D eigenvalue weighted by molar-refractivity contribution is 6.53. The van der Waals surface area contributed by atoms with Crippen molar-refractivity contribution in [2.75, 3.05) is 6.61 Å². The third-order valence-corrected chi connectivity index (χ3v) is 4.86. The smallest absolute Gasteiger partial charge is 0.463 e. The average molecular weight is 320 g/mol. The molecule has 0 radical (unpaired) electrons. The minimum absolute atomic E-state index is 0.280. The predicted octanol–water partition coefficient (Wildman–Crippen LogP) is 3.12. The summed E-state index contributed by atoms with van der Waals surface area (Å²) in [5, 5.41) is 0. The van der Waals surface area contributed by atoms with Crippen molar-refractivity contribution in [2.45, 2.75) is 51.7 Å². The lowest BCUT2D eigenvalue weighted by Crippen LogP contribution is -2.41. The summed E-state index contributed by atoms with van der Waals surface area (Å²) in [6.07, 6.45) is 4.57. The second-order valence-electron chi connectivity index (χ2n) is 7.16. The molecule has 0 atom stereocenters. The largest absolute Gasteiger partial charge is 0.525 e. The minimum atomic E-state index is -0.894. The lowest BCUT2D eigenvalue weighted by atomic mass is 9.73. The molecule has 0 aromatic carbocycles. The van der Waals surface area contributed by atoms with Crippen molar-refractivity contribution < 1.29 is 18.4 Å². The molecule has 3 rings (SSSR count). The van der Waals surface area contributed by atoms with E-state index in [9.17, 15) is 4.39 Å². The Morgan fingerprint density at radius 3 is 2.35 bits per heavy atom. The SMILES string of the molecule is CC1(C)OB(C(F)=C2CC(COc3ncccn3)C2)OC1(C)C. The van der Waals surface area contributed by atoms with Crippen molar-refractivity contribution in [1.82, 2.24) is 9.97 Å². The number of aromatic nitrogens is 2. The molecule has 2 heterocycles. The van der Waals surface area contributed by atoms with E-state index in [1.54, 1.807) is 18.5 Å². The highest BCUT2D eigenvalue weighted by Crippen LogP contribution is 2.43. The molecular weight excluding hydrogens is 298 g/mol. The summed E-state index contributed by atoms with van der Waals surface area (Å²) < 4.78 is 31.5. The van der Waals surface area contributed by atoms with Crippen LogP contribution in [0.1, 0.15) is 40.5 Å². The normalized spacial score (nSPS) is 25.2. The summed E-state index contributed by atoms with van der Waals surface area (Å²) >= 11 is 0. The topological polar surface area (TPSA) is 53.5 Å². The Hall–Kier alpha value is -1.47. The molecule has 0 spiro atoms. The van der Waals surface area contributed by atoms with Crippen LogP contribution in [0, 0.1) is 5.92 Å². The Morgan fingerprint density at radius 2 is 1.78 bits per heavy atom. The molecule has 1 saturated carbocycles. The summed E-state index contributed by atoms with van der Waals surface area (Å²) in [5.41, 5.74) is -0.569. The molecule has 2 fully saturated rings. The zero-order chi connectivity index (χ0) is 16.7. The van der Waals surface area contributed by atoms with Crippen LogP contribution in [0.4, 0.5) is 4.39 Å². The molecule has 7 heteroatoms. The van der Waals surface area contributed by atoms with Gasteiger partial charge < -0.3 is 14.0 Å². The van der Waals surface area contributed by atoms with Gasteiger partial charge in [-0.05, 0) is 52.2 Å². The fourth-order valence-electron chi connectivity index (χ4n) is 2.62. The molecule has 0 bridgehead atoms. The summed E-state index contributed by atoms with van der Waals surface area (Å²) in [5.74, 6) is 0.280. The van der Waals surface area contributed by atoms with Gasteiger partial charge in [-0.2, -0.15) is 0 Å². The highest BCUT2D eigenvalue weighted by atomic mass is 19.1. The number of rotatable bonds is 4. The van der Waals surface area contributed by atoms with E-state index in [2.05, 4.69) is 9.97 Å². The summed E-state index contributed by atoms with van der Waals surface area (Å²) in [6.45, 7) is 8.17. The Morgan fingerprint density at radius 1 is 1.22 bits per heavy atom. The Kier molecular flexibility index (Phi) is 4.18. The van der Waals surface area contributed by atoms with Gasteiger partial charge in [0.05, 0.1) is 17.8 Å². The van der Waals surface area contributed by atoms with Gasteiger partial charge in [0.25, 0.3) is 0 Å². The van der Waals surface area contributed by atoms with Gasteiger partial charge in [-0.15, -0.1) is 0 Å². The van der Waals surface area contributed by atoms with Crippen LogP contribution in [0.2, 0.25) is 0 Å². The molecule has 1 aliphatic carbocycles. The van der Waals surface area contributed by atoms with Crippen LogP contribution in [0.25, 0.3) is 0 Å². The summed E-state index contributed by atoms with van der Waals surface area (Å²) in [6, 6.07) is 2.09. The first kappa shape index (κ1) is 16.4. The van der Waals surface area contributed by atoms with Gasteiger partial charge in [0, 0.05) is 18.3 Å². The van der Waals surface area contributed by atoms with Gasteiger partial charge in [0.1, 0.15) is 5.73 Å². The third kappa shape index (κ3) is 3.26. The Labute approximate surface area is 136 Å². The van der Waals surface area contributed by atoms with E-state index in [1.807, 2.05) is 27.7 Å². The Balaban J connectivity index is 1.53. The number of halogens is 1. The van der Waals surface area contributed by atoms with Gasteiger partial charge in [-0.25, -0.2) is 14.4 Å². The van der Waals surface area contributed by atoms with E-state index in [0.717, 1.165) is 5.57 Å². The van der Waals surface area contributed by atoms with Crippen molar-refractivity contribution >= 4 is 7.12 Å².